The van der Waals surface area contributed by atoms with Gasteiger partial charge in [-0.2, -0.15) is 0 Å². The van der Waals surface area contributed by atoms with Crippen LogP contribution < -0.4 is 10.6 Å². The second-order valence-electron chi connectivity index (χ2n) is 6.07. The first kappa shape index (κ1) is 14.3. The van der Waals surface area contributed by atoms with Crippen molar-refractivity contribution in [3.05, 3.63) is 29.6 Å². The molecule has 1 aliphatic heterocycles. The molecule has 106 valence electrons. The van der Waals surface area contributed by atoms with Gasteiger partial charge in [0.1, 0.15) is 5.82 Å². The van der Waals surface area contributed by atoms with Crippen molar-refractivity contribution in [1.82, 2.24) is 0 Å². The third-order valence-corrected chi connectivity index (χ3v) is 4.32. The molecule has 0 amide bonds. The summed E-state index contributed by atoms with van der Waals surface area (Å²) in [5, 5.41) is 0. The SMILES string of the molecule is CC(C)C1CCN(c2ccc([C@@H](C)N)cc2F)CC1. The molecule has 1 aromatic carbocycles. The Morgan fingerprint density at radius 1 is 1.21 bits per heavy atom. The lowest BCUT2D eigenvalue weighted by molar-refractivity contribution is 0.310. The summed E-state index contributed by atoms with van der Waals surface area (Å²) in [4.78, 5) is 2.17. The van der Waals surface area contributed by atoms with Gasteiger partial charge in [-0.3, -0.25) is 0 Å². The molecule has 0 spiro atoms. The Morgan fingerprint density at radius 2 is 1.84 bits per heavy atom. The smallest absolute Gasteiger partial charge is 0.146 e. The van der Waals surface area contributed by atoms with Gasteiger partial charge in [0.2, 0.25) is 0 Å². The standard InChI is InChI=1S/C16H25FN2/c1-11(2)13-6-8-19(9-7-13)16-5-4-14(12(3)18)10-15(16)17/h4-5,10-13H,6-9,18H2,1-3H3/t12-/m1/s1. The molecule has 3 heteroatoms. The maximum Gasteiger partial charge on any atom is 0.146 e. The molecule has 0 radical (unpaired) electrons. The molecule has 19 heavy (non-hydrogen) atoms. The summed E-state index contributed by atoms with van der Waals surface area (Å²) in [6.45, 7) is 8.34. The topological polar surface area (TPSA) is 29.3 Å². The van der Waals surface area contributed by atoms with Crippen molar-refractivity contribution in [3.8, 4) is 0 Å². The molecule has 1 aromatic rings. The lowest BCUT2D eigenvalue weighted by atomic mass is 9.86. The van der Waals surface area contributed by atoms with E-state index in [-0.39, 0.29) is 11.9 Å². The number of nitrogens with zero attached hydrogens (tertiary/aromatic N) is 1. The van der Waals surface area contributed by atoms with E-state index >= 15 is 0 Å². The highest BCUT2D eigenvalue weighted by atomic mass is 19.1. The van der Waals surface area contributed by atoms with Crippen molar-refractivity contribution in [2.75, 3.05) is 18.0 Å². The van der Waals surface area contributed by atoms with Gasteiger partial charge in [-0.05, 0) is 49.3 Å². The van der Waals surface area contributed by atoms with Crippen LogP contribution in [0.4, 0.5) is 10.1 Å². The summed E-state index contributed by atoms with van der Waals surface area (Å²) < 4.78 is 14.2. The third-order valence-electron chi connectivity index (χ3n) is 4.32. The summed E-state index contributed by atoms with van der Waals surface area (Å²) in [6, 6.07) is 5.28. The highest BCUT2D eigenvalue weighted by Gasteiger charge is 2.23. The molecule has 1 fully saturated rings. The van der Waals surface area contributed by atoms with E-state index in [4.69, 9.17) is 5.73 Å². The van der Waals surface area contributed by atoms with Gasteiger partial charge in [-0.15, -0.1) is 0 Å². The Morgan fingerprint density at radius 3 is 2.32 bits per heavy atom. The molecule has 2 nitrogen and oxygen atoms in total. The van der Waals surface area contributed by atoms with E-state index in [1.54, 1.807) is 6.07 Å². The fourth-order valence-corrected chi connectivity index (χ4v) is 2.87. The molecule has 1 aliphatic rings. The summed E-state index contributed by atoms with van der Waals surface area (Å²) in [5.41, 5.74) is 7.37. The van der Waals surface area contributed by atoms with Gasteiger partial charge >= 0.3 is 0 Å². The Kier molecular flexibility index (Phi) is 4.46. The summed E-state index contributed by atoms with van der Waals surface area (Å²) in [5.74, 6) is 1.37. The molecule has 0 unspecified atom stereocenters. The van der Waals surface area contributed by atoms with E-state index in [9.17, 15) is 4.39 Å². The van der Waals surface area contributed by atoms with Crippen molar-refractivity contribution in [2.24, 2.45) is 17.6 Å². The highest BCUT2D eigenvalue weighted by molar-refractivity contribution is 5.49. The highest BCUT2D eigenvalue weighted by Crippen LogP contribution is 2.30. The second kappa shape index (κ2) is 5.91. The average Bonchev–Trinajstić information content (AvgIpc) is 2.38. The van der Waals surface area contributed by atoms with Crippen LogP contribution in [0.1, 0.15) is 45.2 Å². The number of anilines is 1. The zero-order chi connectivity index (χ0) is 14.0. The summed E-state index contributed by atoms with van der Waals surface area (Å²) in [6.07, 6.45) is 2.32. The Balaban J connectivity index is 2.07. The number of benzene rings is 1. The lowest BCUT2D eigenvalue weighted by Crippen LogP contribution is -2.35. The molecule has 0 aliphatic carbocycles. The molecule has 0 aromatic heterocycles. The second-order valence-corrected chi connectivity index (χ2v) is 6.07. The first-order valence-electron chi connectivity index (χ1n) is 7.29. The number of nitrogens with two attached hydrogens (primary N) is 1. The molecule has 1 saturated heterocycles. The largest absolute Gasteiger partial charge is 0.369 e. The molecule has 0 bridgehead atoms. The number of piperidine rings is 1. The zero-order valence-corrected chi connectivity index (χ0v) is 12.2. The number of rotatable bonds is 3. The van der Waals surface area contributed by atoms with E-state index in [0.29, 0.717) is 0 Å². The van der Waals surface area contributed by atoms with Crippen LogP contribution in [0.5, 0.6) is 0 Å². The minimum absolute atomic E-state index is 0.116. The average molecular weight is 264 g/mol. The van der Waals surface area contributed by atoms with Crippen molar-refractivity contribution < 1.29 is 4.39 Å². The van der Waals surface area contributed by atoms with Gasteiger partial charge < -0.3 is 10.6 Å². The van der Waals surface area contributed by atoms with Gasteiger partial charge in [0.25, 0.3) is 0 Å². The van der Waals surface area contributed by atoms with Crippen LogP contribution in [-0.4, -0.2) is 13.1 Å². The lowest BCUT2D eigenvalue weighted by Gasteiger charge is -2.35. The normalized spacial score (nSPS) is 18.9. The van der Waals surface area contributed by atoms with Gasteiger partial charge in [-0.1, -0.05) is 19.9 Å². The van der Waals surface area contributed by atoms with E-state index in [1.807, 2.05) is 19.1 Å². The Bertz CT molecular complexity index is 421. The maximum atomic E-state index is 14.2. The summed E-state index contributed by atoms with van der Waals surface area (Å²) >= 11 is 0. The fraction of sp³-hybridized carbons (Fsp3) is 0.625. The predicted molar refractivity (Wildman–Crippen MR) is 78.8 cm³/mol. The fourth-order valence-electron chi connectivity index (χ4n) is 2.87. The predicted octanol–water partition coefficient (Wildman–Crippen LogP) is 3.72. The molecule has 2 rings (SSSR count). The zero-order valence-electron chi connectivity index (χ0n) is 12.2. The van der Waals surface area contributed by atoms with Crippen LogP contribution in [0.25, 0.3) is 0 Å². The molecular weight excluding hydrogens is 239 g/mol. The Hall–Kier alpha value is -1.09. The van der Waals surface area contributed by atoms with Crippen LogP contribution >= 0.6 is 0 Å². The minimum atomic E-state index is -0.141. The van der Waals surface area contributed by atoms with Crippen LogP contribution in [0.2, 0.25) is 0 Å². The van der Waals surface area contributed by atoms with Gasteiger partial charge in [-0.25, -0.2) is 4.39 Å². The first-order chi connectivity index (χ1) is 8.99. The maximum absolute atomic E-state index is 14.2. The number of hydrogen-bond acceptors (Lipinski definition) is 2. The third kappa shape index (κ3) is 3.27. The van der Waals surface area contributed by atoms with E-state index < -0.39 is 0 Å². The Labute approximate surface area is 115 Å². The molecule has 2 N–H and O–H groups in total. The van der Waals surface area contributed by atoms with E-state index in [2.05, 4.69) is 18.7 Å². The van der Waals surface area contributed by atoms with Crippen molar-refractivity contribution in [3.63, 3.8) is 0 Å². The van der Waals surface area contributed by atoms with Gasteiger partial charge in [0, 0.05) is 19.1 Å². The minimum Gasteiger partial charge on any atom is -0.369 e. The monoisotopic (exact) mass is 264 g/mol. The molecule has 1 atom stereocenters. The molecule has 0 saturated carbocycles. The first-order valence-corrected chi connectivity index (χ1v) is 7.29. The van der Waals surface area contributed by atoms with Crippen molar-refractivity contribution in [2.45, 2.75) is 39.7 Å². The van der Waals surface area contributed by atoms with Crippen molar-refractivity contribution in [1.29, 1.82) is 0 Å². The van der Waals surface area contributed by atoms with Crippen LogP contribution in [0, 0.1) is 17.7 Å². The number of hydrogen-bond donors (Lipinski definition) is 1. The van der Waals surface area contributed by atoms with Gasteiger partial charge in [0.15, 0.2) is 0 Å². The van der Waals surface area contributed by atoms with E-state index in [1.165, 1.54) is 0 Å². The van der Waals surface area contributed by atoms with Gasteiger partial charge in [0.05, 0.1) is 5.69 Å². The van der Waals surface area contributed by atoms with Crippen molar-refractivity contribution >= 4 is 5.69 Å². The summed E-state index contributed by atoms with van der Waals surface area (Å²) in [7, 11) is 0. The van der Waals surface area contributed by atoms with Crippen LogP contribution in [0.3, 0.4) is 0 Å². The van der Waals surface area contributed by atoms with E-state index in [0.717, 1.165) is 49.0 Å². The van der Waals surface area contributed by atoms with Crippen LogP contribution in [-0.2, 0) is 0 Å². The molecular formula is C16H25FN2. The quantitative estimate of drug-likeness (QED) is 0.901. The van der Waals surface area contributed by atoms with Crippen LogP contribution in [0.15, 0.2) is 18.2 Å². The molecule has 1 heterocycles. The number of halogens is 1.